The van der Waals surface area contributed by atoms with Gasteiger partial charge in [-0.05, 0) is 58.4 Å². The van der Waals surface area contributed by atoms with E-state index in [9.17, 15) is 0 Å². The van der Waals surface area contributed by atoms with Gasteiger partial charge in [-0.1, -0.05) is 48.5 Å². The van der Waals surface area contributed by atoms with E-state index >= 15 is 0 Å². The summed E-state index contributed by atoms with van der Waals surface area (Å²) in [6.07, 6.45) is 5.22. The molecule has 0 atom stereocenters. The summed E-state index contributed by atoms with van der Waals surface area (Å²) in [6, 6.07) is 18.0. The highest BCUT2D eigenvalue weighted by Gasteiger charge is 2.13. The summed E-state index contributed by atoms with van der Waals surface area (Å²) >= 11 is 0. The van der Waals surface area contributed by atoms with Gasteiger partial charge in [-0.2, -0.15) is 0 Å². The quantitative estimate of drug-likeness (QED) is 0.340. The molecule has 0 unspecified atom stereocenters. The van der Waals surface area contributed by atoms with Crippen LogP contribution in [0, 0.1) is 10.1 Å². The van der Waals surface area contributed by atoms with E-state index in [1.165, 1.54) is 47.2 Å². The molecule has 3 aromatic carbocycles. The Balaban J connectivity index is 0.000000325. The molecule has 1 aliphatic rings. The van der Waals surface area contributed by atoms with Crippen molar-refractivity contribution in [3.8, 4) is 0 Å². The minimum Gasteiger partial charge on any atom is -0.265 e. The van der Waals surface area contributed by atoms with E-state index in [2.05, 4.69) is 48.5 Å². The van der Waals surface area contributed by atoms with Crippen LogP contribution in [0.1, 0.15) is 24.0 Å². The van der Waals surface area contributed by atoms with Gasteiger partial charge in [0.05, 0.1) is 0 Å². The molecule has 3 heteroatoms. The number of benzene rings is 3. The summed E-state index contributed by atoms with van der Waals surface area (Å²) in [5.74, 6) is 0. The lowest BCUT2D eigenvalue weighted by Gasteiger charge is -2.18. The van der Waals surface area contributed by atoms with Crippen LogP contribution in [0.4, 0.5) is 0 Å². The molecule has 22 heavy (non-hydrogen) atoms. The lowest BCUT2D eigenvalue weighted by Crippen LogP contribution is -2.02. The minimum atomic E-state index is -0.500. The maximum absolute atomic E-state index is 8.81. The standard InChI is InChI=1S/C18H16.CH3NO2/c1-3-7-15-13(5-1)9-11-18-16-8-4-2-6-14(16)10-12-17(15)18;1-2(3)4/h1,3,5,7,9-12H,2,4,6,8H2;1H3. The second kappa shape index (κ2) is 6.14. The summed E-state index contributed by atoms with van der Waals surface area (Å²) in [4.78, 5) is 8.31. The molecule has 3 nitrogen and oxygen atoms in total. The molecule has 0 saturated carbocycles. The first-order valence-corrected chi connectivity index (χ1v) is 7.67. The van der Waals surface area contributed by atoms with E-state index in [-0.39, 0.29) is 0 Å². The smallest absolute Gasteiger partial charge is 0.194 e. The summed E-state index contributed by atoms with van der Waals surface area (Å²) < 4.78 is 0. The molecule has 0 aromatic heterocycles. The Morgan fingerprint density at radius 2 is 1.55 bits per heavy atom. The Bertz CT molecular complexity index is 835. The summed E-state index contributed by atoms with van der Waals surface area (Å²) in [7, 11) is 0.889. The zero-order chi connectivity index (χ0) is 15.5. The van der Waals surface area contributed by atoms with Gasteiger partial charge in [0.25, 0.3) is 0 Å². The van der Waals surface area contributed by atoms with Crippen molar-refractivity contribution in [3.63, 3.8) is 0 Å². The molecule has 0 N–H and O–H groups in total. The number of rotatable bonds is 0. The molecule has 3 aromatic rings. The van der Waals surface area contributed by atoms with Gasteiger partial charge >= 0.3 is 0 Å². The van der Waals surface area contributed by atoms with Gasteiger partial charge in [0.2, 0.25) is 0 Å². The highest BCUT2D eigenvalue weighted by molar-refractivity contribution is 6.08. The Kier molecular flexibility index (Phi) is 4.05. The average molecular weight is 293 g/mol. The Morgan fingerprint density at radius 1 is 0.864 bits per heavy atom. The first-order valence-electron chi connectivity index (χ1n) is 7.67. The van der Waals surface area contributed by atoms with Crippen molar-refractivity contribution >= 4 is 21.5 Å². The van der Waals surface area contributed by atoms with Crippen LogP contribution in [0.15, 0.2) is 48.5 Å². The summed E-state index contributed by atoms with van der Waals surface area (Å²) in [5.41, 5.74) is 3.17. The molecule has 112 valence electrons. The van der Waals surface area contributed by atoms with Crippen LogP contribution >= 0.6 is 0 Å². The third-order valence-electron chi connectivity index (χ3n) is 4.26. The van der Waals surface area contributed by atoms with Gasteiger partial charge in [0.15, 0.2) is 7.05 Å². The monoisotopic (exact) mass is 293 g/mol. The van der Waals surface area contributed by atoms with Crippen molar-refractivity contribution in [2.45, 2.75) is 25.7 Å². The van der Waals surface area contributed by atoms with E-state index in [0.717, 1.165) is 7.05 Å². The third kappa shape index (κ3) is 2.80. The van der Waals surface area contributed by atoms with Gasteiger partial charge in [-0.3, -0.25) is 10.1 Å². The van der Waals surface area contributed by atoms with Crippen molar-refractivity contribution in [2.24, 2.45) is 0 Å². The van der Waals surface area contributed by atoms with E-state index in [0.29, 0.717) is 0 Å². The van der Waals surface area contributed by atoms with Crippen LogP contribution in [0.25, 0.3) is 21.5 Å². The van der Waals surface area contributed by atoms with Gasteiger partial charge in [-0.25, -0.2) is 0 Å². The van der Waals surface area contributed by atoms with E-state index in [1.807, 2.05) is 0 Å². The highest BCUT2D eigenvalue weighted by Crippen LogP contribution is 2.33. The normalized spacial score (nSPS) is 13.3. The molecule has 0 amide bonds. The van der Waals surface area contributed by atoms with Crippen LogP contribution < -0.4 is 0 Å². The molecule has 1 aliphatic carbocycles. The zero-order valence-corrected chi connectivity index (χ0v) is 12.7. The largest absolute Gasteiger partial charge is 0.265 e. The highest BCUT2D eigenvalue weighted by atomic mass is 16.6. The predicted molar refractivity (Wildman–Crippen MR) is 91.0 cm³/mol. The predicted octanol–water partition coefficient (Wildman–Crippen LogP) is 4.76. The van der Waals surface area contributed by atoms with Crippen LogP contribution in [0.3, 0.4) is 0 Å². The molecular formula is C19H19NO2. The number of nitro groups is 1. The maximum atomic E-state index is 8.81. The molecule has 0 heterocycles. The fourth-order valence-corrected chi connectivity index (χ4v) is 3.34. The van der Waals surface area contributed by atoms with Gasteiger partial charge in [0.1, 0.15) is 0 Å². The third-order valence-corrected chi connectivity index (χ3v) is 4.26. The Hall–Kier alpha value is -2.42. The molecule has 0 bridgehead atoms. The van der Waals surface area contributed by atoms with Crippen molar-refractivity contribution in [1.82, 2.24) is 0 Å². The van der Waals surface area contributed by atoms with Crippen molar-refractivity contribution < 1.29 is 4.92 Å². The summed E-state index contributed by atoms with van der Waals surface area (Å²) in [5, 5.41) is 14.4. The first kappa shape index (κ1) is 14.5. The van der Waals surface area contributed by atoms with E-state index in [4.69, 9.17) is 10.1 Å². The van der Waals surface area contributed by atoms with Crippen LogP contribution in [-0.2, 0) is 12.8 Å². The molecule has 0 spiro atoms. The number of aryl methyl sites for hydroxylation is 2. The van der Waals surface area contributed by atoms with Crippen LogP contribution in [0.2, 0.25) is 0 Å². The Labute approximate surface area is 129 Å². The molecule has 0 radical (unpaired) electrons. The zero-order valence-electron chi connectivity index (χ0n) is 12.7. The number of nitrogens with zero attached hydrogens (tertiary/aromatic N) is 1. The minimum absolute atomic E-state index is 0.500. The second-order valence-electron chi connectivity index (χ2n) is 5.73. The van der Waals surface area contributed by atoms with Crippen LogP contribution in [-0.4, -0.2) is 12.0 Å². The molecule has 0 aliphatic heterocycles. The van der Waals surface area contributed by atoms with Crippen molar-refractivity contribution in [1.29, 1.82) is 0 Å². The molecular weight excluding hydrogens is 274 g/mol. The second-order valence-corrected chi connectivity index (χ2v) is 5.73. The fraction of sp³-hybridized carbons (Fsp3) is 0.263. The van der Waals surface area contributed by atoms with E-state index in [1.54, 1.807) is 11.1 Å². The molecule has 0 saturated heterocycles. The van der Waals surface area contributed by atoms with Crippen LogP contribution in [0.5, 0.6) is 0 Å². The van der Waals surface area contributed by atoms with Crippen molar-refractivity contribution in [3.05, 3.63) is 69.8 Å². The Morgan fingerprint density at radius 3 is 2.36 bits per heavy atom. The summed E-state index contributed by atoms with van der Waals surface area (Å²) in [6.45, 7) is 0. The first-order chi connectivity index (χ1) is 10.7. The number of fused-ring (bicyclic) bond motifs is 5. The lowest BCUT2D eigenvalue weighted by atomic mass is 9.86. The van der Waals surface area contributed by atoms with Crippen molar-refractivity contribution in [2.75, 3.05) is 7.05 Å². The fourth-order valence-electron chi connectivity index (χ4n) is 3.34. The lowest BCUT2D eigenvalue weighted by molar-refractivity contribution is -0.445. The number of hydrogen-bond donors (Lipinski definition) is 0. The van der Waals surface area contributed by atoms with Gasteiger partial charge < -0.3 is 0 Å². The maximum Gasteiger partial charge on any atom is 0.194 e. The van der Waals surface area contributed by atoms with E-state index < -0.39 is 4.92 Å². The van der Waals surface area contributed by atoms with Gasteiger partial charge in [0, 0.05) is 4.92 Å². The molecule has 0 fully saturated rings. The topological polar surface area (TPSA) is 43.1 Å². The SMILES string of the molecule is C[N+](=O)[O-].c1ccc2c(c1)ccc1c3c(ccc12)CCCC3. The van der Waals surface area contributed by atoms with Gasteiger partial charge in [-0.15, -0.1) is 0 Å². The average Bonchev–Trinajstić information content (AvgIpc) is 2.54. The number of hydrogen-bond acceptors (Lipinski definition) is 2. The molecule has 4 rings (SSSR count).